The van der Waals surface area contributed by atoms with Crippen molar-refractivity contribution >= 4 is 0 Å². The van der Waals surface area contributed by atoms with Gasteiger partial charge in [-0.05, 0) is 44.8 Å². The fraction of sp³-hybridized carbons (Fsp3) is 1.00. The molecule has 0 radical (unpaired) electrons. The van der Waals surface area contributed by atoms with E-state index in [0.717, 1.165) is 18.9 Å². The van der Waals surface area contributed by atoms with Gasteiger partial charge in [-0.3, -0.25) is 0 Å². The van der Waals surface area contributed by atoms with Crippen LogP contribution in [0.4, 0.5) is 0 Å². The van der Waals surface area contributed by atoms with Gasteiger partial charge in [-0.25, -0.2) is 0 Å². The summed E-state index contributed by atoms with van der Waals surface area (Å²) in [6.07, 6.45) is 4.92. The van der Waals surface area contributed by atoms with Crippen molar-refractivity contribution in [2.24, 2.45) is 11.7 Å². The molecule has 1 unspecified atom stereocenters. The van der Waals surface area contributed by atoms with Crippen molar-refractivity contribution in [3.63, 3.8) is 0 Å². The fourth-order valence-electron chi connectivity index (χ4n) is 2.06. The number of piperidine rings is 1. The first kappa shape index (κ1) is 12.0. The normalized spacial score (nSPS) is 22.5. The zero-order chi connectivity index (χ0) is 10.4. The number of aliphatic hydroxyl groups excluding tert-OH is 1. The van der Waals surface area contributed by atoms with E-state index >= 15 is 0 Å². The first-order valence-electron chi connectivity index (χ1n) is 5.85. The molecular formula is C11H24N2O. The highest BCUT2D eigenvalue weighted by molar-refractivity contribution is 4.72. The van der Waals surface area contributed by atoms with Crippen molar-refractivity contribution in [3.05, 3.63) is 0 Å². The van der Waals surface area contributed by atoms with Gasteiger partial charge in [-0.2, -0.15) is 0 Å². The maximum atomic E-state index is 8.80. The maximum Gasteiger partial charge on any atom is 0.0583 e. The lowest BCUT2D eigenvalue weighted by atomic mass is 9.94. The second-order valence-electron chi connectivity index (χ2n) is 4.42. The monoisotopic (exact) mass is 200 g/mol. The summed E-state index contributed by atoms with van der Waals surface area (Å²) in [4.78, 5) is 2.47. The highest BCUT2D eigenvalue weighted by atomic mass is 16.3. The van der Waals surface area contributed by atoms with Crippen LogP contribution < -0.4 is 5.73 Å². The van der Waals surface area contributed by atoms with Gasteiger partial charge in [0.2, 0.25) is 0 Å². The van der Waals surface area contributed by atoms with Crippen LogP contribution in [0.15, 0.2) is 0 Å². The van der Waals surface area contributed by atoms with E-state index in [9.17, 15) is 0 Å². The third kappa shape index (κ3) is 3.95. The van der Waals surface area contributed by atoms with Crippen LogP contribution in [0.5, 0.6) is 0 Å². The highest BCUT2D eigenvalue weighted by Crippen LogP contribution is 2.19. The Bertz CT molecular complexity index is 144. The second kappa shape index (κ2) is 6.38. The topological polar surface area (TPSA) is 49.5 Å². The zero-order valence-electron chi connectivity index (χ0n) is 9.28. The van der Waals surface area contributed by atoms with E-state index in [0.29, 0.717) is 0 Å². The van der Waals surface area contributed by atoms with Crippen LogP contribution in [0.3, 0.4) is 0 Å². The van der Waals surface area contributed by atoms with Crippen molar-refractivity contribution in [1.29, 1.82) is 0 Å². The van der Waals surface area contributed by atoms with Gasteiger partial charge in [-0.15, -0.1) is 0 Å². The third-order valence-corrected chi connectivity index (χ3v) is 3.34. The van der Waals surface area contributed by atoms with Gasteiger partial charge in [0.25, 0.3) is 0 Å². The fourth-order valence-corrected chi connectivity index (χ4v) is 2.06. The maximum absolute atomic E-state index is 8.80. The van der Waals surface area contributed by atoms with Crippen molar-refractivity contribution in [1.82, 2.24) is 4.90 Å². The molecule has 1 fully saturated rings. The molecule has 0 bridgehead atoms. The molecule has 0 spiro atoms. The van der Waals surface area contributed by atoms with Crippen LogP contribution >= 0.6 is 0 Å². The average molecular weight is 200 g/mol. The standard InChI is InChI=1S/C11H24N2O/c1-2-10-3-6-13(7-4-10)8-5-11(12)9-14/h10-11,14H,2-9,12H2,1H3. The zero-order valence-corrected chi connectivity index (χ0v) is 9.28. The molecule has 1 saturated heterocycles. The summed E-state index contributed by atoms with van der Waals surface area (Å²) < 4.78 is 0. The van der Waals surface area contributed by atoms with Crippen molar-refractivity contribution in [2.75, 3.05) is 26.2 Å². The molecule has 0 aromatic heterocycles. The summed E-state index contributed by atoms with van der Waals surface area (Å²) >= 11 is 0. The first-order chi connectivity index (χ1) is 6.76. The molecule has 0 saturated carbocycles. The molecule has 0 aliphatic carbocycles. The van der Waals surface area contributed by atoms with E-state index in [1.807, 2.05) is 0 Å². The third-order valence-electron chi connectivity index (χ3n) is 3.34. The molecule has 1 aliphatic heterocycles. The van der Waals surface area contributed by atoms with Crippen LogP contribution in [0.1, 0.15) is 32.6 Å². The molecule has 3 N–H and O–H groups in total. The van der Waals surface area contributed by atoms with Crippen LogP contribution in [-0.4, -0.2) is 42.3 Å². The molecule has 0 aromatic rings. The molecule has 1 aliphatic rings. The summed E-state index contributed by atoms with van der Waals surface area (Å²) in [5, 5.41) is 8.80. The number of rotatable bonds is 5. The quantitative estimate of drug-likeness (QED) is 0.691. The van der Waals surface area contributed by atoms with Crippen molar-refractivity contribution in [3.8, 4) is 0 Å². The van der Waals surface area contributed by atoms with Gasteiger partial charge in [0.05, 0.1) is 6.61 Å². The van der Waals surface area contributed by atoms with E-state index in [1.54, 1.807) is 0 Å². The minimum absolute atomic E-state index is 0.0288. The first-order valence-corrected chi connectivity index (χ1v) is 5.85. The van der Waals surface area contributed by atoms with Gasteiger partial charge in [0, 0.05) is 6.04 Å². The Balaban J connectivity index is 2.10. The lowest BCUT2D eigenvalue weighted by Crippen LogP contribution is -2.37. The van der Waals surface area contributed by atoms with E-state index in [4.69, 9.17) is 10.8 Å². The van der Waals surface area contributed by atoms with Gasteiger partial charge >= 0.3 is 0 Å². The predicted octanol–water partition coefficient (Wildman–Crippen LogP) is 0.818. The van der Waals surface area contributed by atoms with Crippen LogP contribution in [0, 0.1) is 5.92 Å². The Morgan fingerprint density at radius 1 is 1.43 bits per heavy atom. The van der Waals surface area contributed by atoms with Crippen LogP contribution in [0.25, 0.3) is 0 Å². The number of likely N-dealkylation sites (tertiary alicyclic amines) is 1. The Hall–Kier alpha value is -0.120. The number of hydrogen-bond donors (Lipinski definition) is 2. The Kier molecular flexibility index (Phi) is 5.45. The number of nitrogens with zero attached hydrogens (tertiary/aromatic N) is 1. The van der Waals surface area contributed by atoms with Gasteiger partial charge in [0.1, 0.15) is 0 Å². The van der Waals surface area contributed by atoms with E-state index in [2.05, 4.69) is 11.8 Å². The Labute approximate surface area is 87.3 Å². The summed E-state index contributed by atoms with van der Waals surface area (Å²) in [5.74, 6) is 0.942. The van der Waals surface area contributed by atoms with Crippen LogP contribution in [0.2, 0.25) is 0 Å². The SMILES string of the molecule is CCC1CCN(CCC(N)CO)CC1. The number of hydrogen-bond acceptors (Lipinski definition) is 3. The average Bonchev–Trinajstić information content (AvgIpc) is 2.26. The molecule has 1 heterocycles. The molecule has 14 heavy (non-hydrogen) atoms. The van der Waals surface area contributed by atoms with E-state index < -0.39 is 0 Å². The predicted molar refractivity (Wildman–Crippen MR) is 59.1 cm³/mol. The summed E-state index contributed by atoms with van der Waals surface area (Å²) in [6, 6.07) is -0.0288. The minimum Gasteiger partial charge on any atom is -0.395 e. The van der Waals surface area contributed by atoms with E-state index in [-0.39, 0.29) is 12.6 Å². The molecule has 1 rings (SSSR count). The molecule has 3 heteroatoms. The Morgan fingerprint density at radius 2 is 2.07 bits per heavy atom. The molecule has 3 nitrogen and oxygen atoms in total. The minimum atomic E-state index is -0.0288. The summed E-state index contributed by atoms with van der Waals surface area (Å²) in [5.41, 5.74) is 5.67. The molecule has 0 aromatic carbocycles. The molecular weight excluding hydrogens is 176 g/mol. The molecule has 1 atom stereocenters. The van der Waals surface area contributed by atoms with Crippen molar-refractivity contribution < 1.29 is 5.11 Å². The van der Waals surface area contributed by atoms with Gasteiger partial charge in [0.15, 0.2) is 0 Å². The number of aliphatic hydroxyl groups is 1. The Morgan fingerprint density at radius 3 is 2.57 bits per heavy atom. The largest absolute Gasteiger partial charge is 0.395 e. The lowest BCUT2D eigenvalue weighted by Gasteiger charge is -2.31. The smallest absolute Gasteiger partial charge is 0.0583 e. The summed E-state index contributed by atoms with van der Waals surface area (Å²) in [6.45, 7) is 5.89. The second-order valence-corrected chi connectivity index (χ2v) is 4.42. The van der Waals surface area contributed by atoms with Crippen molar-refractivity contribution in [2.45, 2.75) is 38.6 Å². The lowest BCUT2D eigenvalue weighted by molar-refractivity contribution is 0.168. The van der Waals surface area contributed by atoms with Gasteiger partial charge in [-0.1, -0.05) is 13.3 Å². The highest BCUT2D eigenvalue weighted by Gasteiger charge is 2.17. The molecule has 0 amide bonds. The van der Waals surface area contributed by atoms with Crippen LogP contribution in [-0.2, 0) is 0 Å². The summed E-state index contributed by atoms with van der Waals surface area (Å²) in [7, 11) is 0. The number of nitrogens with two attached hydrogens (primary N) is 1. The molecule has 84 valence electrons. The van der Waals surface area contributed by atoms with Gasteiger partial charge < -0.3 is 15.7 Å². The van der Waals surface area contributed by atoms with E-state index in [1.165, 1.54) is 32.4 Å².